The van der Waals surface area contributed by atoms with Crippen LogP contribution in [-0.2, 0) is 6.54 Å². The van der Waals surface area contributed by atoms with Crippen LogP contribution in [0.5, 0.6) is 0 Å². The van der Waals surface area contributed by atoms with Gasteiger partial charge in [0.1, 0.15) is 0 Å². The lowest BCUT2D eigenvalue weighted by Crippen LogP contribution is -2.18. The Kier molecular flexibility index (Phi) is 6.39. The molecule has 0 fully saturated rings. The van der Waals surface area contributed by atoms with E-state index >= 15 is 0 Å². The van der Waals surface area contributed by atoms with Gasteiger partial charge in [-0.05, 0) is 42.0 Å². The molecule has 0 aliphatic rings. The molecular formula is C24H24N6O4. The van der Waals surface area contributed by atoms with Crippen LogP contribution < -0.4 is 10.2 Å². The third-order valence-corrected chi connectivity index (χ3v) is 5.38. The number of carbonyl (C=O) groups is 1. The Balaban J connectivity index is 1.64. The van der Waals surface area contributed by atoms with E-state index in [0.29, 0.717) is 17.9 Å². The fourth-order valence-corrected chi connectivity index (χ4v) is 3.35. The van der Waals surface area contributed by atoms with Crippen molar-refractivity contribution < 1.29 is 14.1 Å². The van der Waals surface area contributed by atoms with Crippen LogP contribution in [0.1, 0.15) is 34.5 Å². The van der Waals surface area contributed by atoms with Gasteiger partial charge in [-0.3, -0.25) is 14.9 Å². The van der Waals surface area contributed by atoms with E-state index in [4.69, 9.17) is 4.42 Å². The fourth-order valence-electron chi connectivity index (χ4n) is 3.35. The summed E-state index contributed by atoms with van der Waals surface area (Å²) < 4.78 is 6.55. The predicted molar refractivity (Wildman–Crippen MR) is 127 cm³/mol. The molecule has 2 heterocycles. The number of anilines is 2. The van der Waals surface area contributed by atoms with Crippen LogP contribution in [0.15, 0.2) is 71.3 Å². The molecule has 0 amide bonds. The third-order valence-electron chi connectivity index (χ3n) is 5.38. The molecule has 0 saturated heterocycles. The van der Waals surface area contributed by atoms with Crippen LogP contribution in [0.4, 0.5) is 11.6 Å². The molecule has 4 rings (SSSR count). The van der Waals surface area contributed by atoms with Crippen molar-refractivity contribution in [2.75, 3.05) is 24.3 Å². The number of furan rings is 1. The van der Waals surface area contributed by atoms with Crippen molar-refractivity contribution in [1.82, 2.24) is 14.8 Å². The van der Waals surface area contributed by atoms with Gasteiger partial charge in [0.15, 0.2) is 5.76 Å². The average Bonchev–Trinajstić information content (AvgIpc) is 3.52. The number of nitrogens with one attached hydrogen (secondary N) is 1. The summed E-state index contributed by atoms with van der Waals surface area (Å²) >= 11 is 0. The lowest BCUT2D eigenvalue weighted by Gasteiger charge is -2.13. The van der Waals surface area contributed by atoms with E-state index in [-0.39, 0.29) is 17.3 Å². The van der Waals surface area contributed by atoms with Gasteiger partial charge in [-0.2, -0.15) is 9.67 Å². The Morgan fingerprint density at radius 1 is 1.18 bits per heavy atom. The summed E-state index contributed by atoms with van der Waals surface area (Å²) in [6.07, 6.45) is 1.50. The topological polar surface area (TPSA) is 119 Å². The molecule has 0 aliphatic carbocycles. The standard InChI is InChI=1S/C24H24N6O4/c1-16(30(32)33)18-6-4-7-19(14-18)23(31)29-24(26-22(27-29)21-8-5-13-34-21)25-15-17-9-11-20(12-10-17)28(2)3/h4-14,16H,15H2,1-3H3,(H,25,26,27). The minimum absolute atomic E-state index is 0.237. The number of aromatic nitrogens is 3. The molecule has 174 valence electrons. The summed E-state index contributed by atoms with van der Waals surface area (Å²) in [4.78, 5) is 30.6. The molecule has 10 heteroatoms. The summed E-state index contributed by atoms with van der Waals surface area (Å²) in [6.45, 7) is 1.89. The molecule has 0 aliphatic heterocycles. The second-order valence-electron chi connectivity index (χ2n) is 7.95. The first-order valence-corrected chi connectivity index (χ1v) is 10.6. The number of nitro groups is 1. The van der Waals surface area contributed by atoms with Gasteiger partial charge in [-0.25, -0.2) is 0 Å². The SMILES string of the molecule is CC(c1cccc(C(=O)n2nc(-c3ccco3)nc2NCc2ccc(N(C)C)cc2)c1)[N+](=O)[O-]. The monoisotopic (exact) mass is 460 g/mol. The zero-order chi connectivity index (χ0) is 24.2. The number of rotatable bonds is 8. The van der Waals surface area contributed by atoms with Gasteiger partial charge in [-0.1, -0.05) is 24.3 Å². The van der Waals surface area contributed by atoms with Crippen molar-refractivity contribution in [3.8, 4) is 11.6 Å². The quantitative estimate of drug-likeness (QED) is 0.306. The van der Waals surface area contributed by atoms with Gasteiger partial charge in [0.2, 0.25) is 17.8 Å². The Morgan fingerprint density at radius 2 is 1.94 bits per heavy atom. The van der Waals surface area contributed by atoms with Crippen molar-refractivity contribution in [2.24, 2.45) is 0 Å². The first kappa shape index (κ1) is 22.7. The molecule has 0 saturated carbocycles. The van der Waals surface area contributed by atoms with Gasteiger partial charge in [0.05, 0.1) is 6.26 Å². The molecule has 10 nitrogen and oxygen atoms in total. The van der Waals surface area contributed by atoms with E-state index in [1.165, 1.54) is 19.3 Å². The van der Waals surface area contributed by atoms with Crippen molar-refractivity contribution in [3.05, 3.63) is 93.7 Å². The predicted octanol–water partition coefficient (Wildman–Crippen LogP) is 4.24. The number of benzene rings is 2. The van der Waals surface area contributed by atoms with E-state index in [1.807, 2.05) is 43.3 Å². The smallest absolute Gasteiger partial charge is 0.281 e. The van der Waals surface area contributed by atoms with E-state index in [1.54, 1.807) is 30.3 Å². The lowest BCUT2D eigenvalue weighted by atomic mass is 10.1. The maximum atomic E-state index is 13.3. The molecule has 34 heavy (non-hydrogen) atoms. The Bertz CT molecular complexity index is 1300. The lowest BCUT2D eigenvalue weighted by molar-refractivity contribution is -0.524. The molecule has 2 aromatic heterocycles. The Labute approximate surface area is 196 Å². The largest absolute Gasteiger partial charge is 0.461 e. The summed E-state index contributed by atoms with van der Waals surface area (Å²) in [6, 6.07) is 16.8. The molecule has 0 bridgehead atoms. The number of hydrogen-bond donors (Lipinski definition) is 1. The molecule has 1 N–H and O–H groups in total. The Hall–Kier alpha value is -4.47. The van der Waals surface area contributed by atoms with Gasteiger partial charge >= 0.3 is 0 Å². The van der Waals surface area contributed by atoms with Gasteiger partial charge in [-0.15, -0.1) is 5.10 Å². The van der Waals surface area contributed by atoms with Crippen LogP contribution in [0.25, 0.3) is 11.6 Å². The summed E-state index contributed by atoms with van der Waals surface area (Å²) in [5.41, 5.74) is 2.76. The van der Waals surface area contributed by atoms with Crippen LogP contribution in [0.2, 0.25) is 0 Å². The fraction of sp³-hybridized carbons (Fsp3) is 0.208. The molecule has 2 aromatic carbocycles. The highest BCUT2D eigenvalue weighted by molar-refractivity contribution is 5.97. The molecular weight excluding hydrogens is 436 g/mol. The maximum Gasteiger partial charge on any atom is 0.281 e. The number of hydrogen-bond acceptors (Lipinski definition) is 8. The summed E-state index contributed by atoms with van der Waals surface area (Å²) in [7, 11) is 3.94. The van der Waals surface area contributed by atoms with Crippen molar-refractivity contribution in [3.63, 3.8) is 0 Å². The van der Waals surface area contributed by atoms with E-state index in [2.05, 4.69) is 15.4 Å². The second-order valence-corrected chi connectivity index (χ2v) is 7.95. The van der Waals surface area contributed by atoms with Crippen LogP contribution in [0, 0.1) is 10.1 Å². The first-order valence-electron chi connectivity index (χ1n) is 10.6. The average molecular weight is 460 g/mol. The van der Waals surface area contributed by atoms with E-state index in [0.717, 1.165) is 15.9 Å². The van der Waals surface area contributed by atoms with Crippen LogP contribution in [0.3, 0.4) is 0 Å². The van der Waals surface area contributed by atoms with Gasteiger partial charge < -0.3 is 14.6 Å². The molecule has 1 atom stereocenters. The minimum Gasteiger partial charge on any atom is -0.461 e. The van der Waals surface area contributed by atoms with Crippen molar-refractivity contribution >= 4 is 17.5 Å². The minimum atomic E-state index is -0.940. The normalized spacial score (nSPS) is 11.7. The van der Waals surface area contributed by atoms with Gasteiger partial charge in [0, 0.05) is 49.3 Å². The van der Waals surface area contributed by atoms with Gasteiger partial charge in [0.25, 0.3) is 5.91 Å². The van der Waals surface area contributed by atoms with Crippen molar-refractivity contribution in [2.45, 2.75) is 19.5 Å². The zero-order valence-corrected chi connectivity index (χ0v) is 19.0. The first-order chi connectivity index (χ1) is 16.3. The zero-order valence-electron chi connectivity index (χ0n) is 19.0. The maximum absolute atomic E-state index is 13.3. The molecule has 0 spiro atoms. The van der Waals surface area contributed by atoms with Crippen molar-refractivity contribution in [1.29, 1.82) is 0 Å². The summed E-state index contributed by atoms with van der Waals surface area (Å²) in [5.74, 6) is 0.438. The molecule has 0 radical (unpaired) electrons. The number of nitrogens with zero attached hydrogens (tertiary/aromatic N) is 5. The van der Waals surface area contributed by atoms with E-state index in [9.17, 15) is 14.9 Å². The summed E-state index contributed by atoms with van der Waals surface area (Å²) in [5, 5.41) is 18.7. The number of carbonyl (C=O) groups excluding carboxylic acids is 1. The van der Waals surface area contributed by atoms with Crippen LogP contribution >= 0.6 is 0 Å². The highest BCUT2D eigenvalue weighted by atomic mass is 16.6. The third kappa shape index (κ3) is 4.80. The molecule has 1 unspecified atom stereocenters. The van der Waals surface area contributed by atoms with Crippen LogP contribution in [-0.4, -0.2) is 39.7 Å². The van der Waals surface area contributed by atoms with E-state index < -0.39 is 16.9 Å². The molecule has 4 aromatic rings. The Morgan fingerprint density at radius 3 is 2.59 bits per heavy atom. The highest BCUT2D eigenvalue weighted by Gasteiger charge is 2.22. The highest BCUT2D eigenvalue weighted by Crippen LogP contribution is 2.22. The second kappa shape index (κ2) is 9.57.